The highest BCUT2D eigenvalue weighted by atomic mass is 16.2. The summed E-state index contributed by atoms with van der Waals surface area (Å²) in [6, 6.07) is 4.06. The predicted molar refractivity (Wildman–Crippen MR) is 92.6 cm³/mol. The number of anilines is 1. The largest absolute Gasteiger partial charge is 0.357 e. The molecule has 3 heterocycles. The van der Waals surface area contributed by atoms with Crippen LogP contribution in [0.3, 0.4) is 0 Å². The van der Waals surface area contributed by atoms with Crippen LogP contribution in [-0.2, 0) is 16.1 Å². The lowest BCUT2D eigenvalue weighted by Crippen LogP contribution is -2.37. The Morgan fingerprint density at radius 3 is 2.50 bits per heavy atom. The van der Waals surface area contributed by atoms with Gasteiger partial charge in [0.1, 0.15) is 5.82 Å². The number of carbonyl (C=O) groups is 2. The van der Waals surface area contributed by atoms with Gasteiger partial charge in [-0.15, -0.1) is 0 Å². The molecule has 2 amide bonds. The average molecular weight is 330 g/mol. The minimum absolute atomic E-state index is 0.0774. The van der Waals surface area contributed by atoms with E-state index in [4.69, 9.17) is 0 Å². The van der Waals surface area contributed by atoms with Crippen molar-refractivity contribution in [3.05, 3.63) is 23.9 Å². The number of amides is 2. The fourth-order valence-electron chi connectivity index (χ4n) is 3.31. The zero-order valence-electron chi connectivity index (χ0n) is 14.2. The lowest BCUT2D eigenvalue weighted by molar-refractivity contribution is -0.133. The number of carbonyl (C=O) groups excluding carboxylic acids is 2. The fourth-order valence-corrected chi connectivity index (χ4v) is 3.31. The molecule has 0 aromatic carbocycles. The van der Waals surface area contributed by atoms with Crippen molar-refractivity contribution in [3.8, 4) is 0 Å². The number of hydrogen-bond acceptors (Lipinski definition) is 4. The van der Waals surface area contributed by atoms with Crippen molar-refractivity contribution in [2.24, 2.45) is 0 Å². The summed E-state index contributed by atoms with van der Waals surface area (Å²) in [5, 5.41) is 2.87. The van der Waals surface area contributed by atoms with E-state index in [2.05, 4.69) is 15.2 Å². The predicted octanol–water partition coefficient (Wildman–Crippen LogP) is 1.70. The maximum atomic E-state index is 11.9. The first-order chi connectivity index (χ1) is 11.7. The monoisotopic (exact) mass is 330 g/mol. The Balaban J connectivity index is 1.47. The van der Waals surface area contributed by atoms with Gasteiger partial charge < -0.3 is 15.1 Å². The van der Waals surface area contributed by atoms with Gasteiger partial charge >= 0.3 is 0 Å². The second-order valence-corrected chi connectivity index (χ2v) is 6.62. The molecule has 3 rings (SSSR count). The number of hydrogen-bond donors (Lipinski definition) is 1. The van der Waals surface area contributed by atoms with Crippen LogP contribution < -0.4 is 10.2 Å². The molecule has 130 valence electrons. The first-order valence-corrected chi connectivity index (χ1v) is 8.97. The second-order valence-electron chi connectivity index (χ2n) is 6.62. The maximum Gasteiger partial charge on any atom is 0.239 e. The Morgan fingerprint density at radius 1 is 1.08 bits per heavy atom. The lowest BCUT2D eigenvalue weighted by Gasteiger charge is -2.21. The van der Waals surface area contributed by atoms with Gasteiger partial charge in [-0.1, -0.05) is 18.9 Å². The molecular formula is C18H26N4O2. The molecule has 1 N–H and O–H groups in total. The third-order valence-corrected chi connectivity index (χ3v) is 4.73. The van der Waals surface area contributed by atoms with Gasteiger partial charge in [-0.25, -0.2) is 4.98 Å². The highest BCUT2D eigenvalue weighted by Gasteiger charge is 2.22. The van der Waals surface area contributed by atoms with Crippen LogP contribution in [-0.4, -0.2) is 47.9 Å². The van der Waals surface area contributed by atoms with E-state index in [1.165, 1.54) is 25.7 Å². The molecule has 2 aliphatic heterocycles. The maximum absolute atomic E-state index is 11.9. The lowest BCUT2D eigenvalue weighted by atomic mass is 10.2. The van der Waals surface area contributed by atoms with Crippen LogP contribution in [0.25, 0.3) is 0 Å². The van der Waals surface area contributed by atoms with Gasteiger partial charge in [0.2, 0.25) is 11.8 Å². The topological polar surface area (TPSA) is 65.5 Å². The smallest absolute Gasteiger partial charge is 0.239 e. The zero-order chi connectivity index (χ0) is 16.8. The SMILES string of the molecule is O=C(CN1CCCC1=O)NCc1ccc(N2CCCCCC2)nc1. The Kier molecular flexibility index (Phi) is 5.67. The van der Waals surface area contributed by atoms with Gasteiger partial charge in [0.05, 0.1) is 6.54 Å². The Labute approximate surface area is 143 Å². The Morgan fingerprint density at radius 2 is 1.88 bits per heavy atom. The summed E-state index contributed by atoms with van der Waals surface area (Å²) >= 11 is 0. The molecule has 0 radical (unpaired) electrons. The molecule has 0 bridgehead atoms. The molecule has 0 atom stereocenters. The standard InChI is InChI=1S/C18H26N4O2/c23-17(14-22-11-5-6-18(22)24)20-13-15-7-8-16(19-12-15)21-9-3-1-2-4-10-21/h7-8,12H,1-6,9-11,13-14H2,(H,20,23). The Bertz CT molecular complexity index is 565. The molecule has 0 saturated carbocycles. The number of likely N-dealkylation sites (tertiary alicyclic amines) is 1. The first-order valence-electron chi connectivity index (χ1n) is 8.97. The second kappa shape index (κ2) is 8.13. The van der Waals surface area contributed by atoms with Crippen molar-refractivity contribution >= 4 is 17.6 Å². The molecule has 0 unspecified atom stereocenters. The fraction of sp³-hybridized carbons (Fsp3) is 0.611. The van der Waals surface area contributed by atoms with Crippen LogP contribution in [0.4, 0.5) is 5.82 Å². The summed E-state index contributed by atoms with van der Waals surface area (Å²) in [5.41, 5.74) is 0.981. The van der Waals surface area contributed by atoms with Crippen molar-refractivity contribution < 1.29 is 9.59 Å². The molecule has 24 heavy (non-hydrogen) atoms. The number of rotatable bonds is 5. The third kappa shape index (κ3) is 4.46. The van der Waals surface area contributed by atoms with E-state index in [1.54, 1.807) is 4.90 Å². The number of nitrogens with one attached hydrogen (secondary N) is 1. The van der Waals surface area contributed by atoms with Crippen LogP contribution in [0.5, 0.6) is 0 Å². The van der Waals surface area contributed by atoms with Crippen molar-refractivity contribution in [2.75, 3.05) is 31.1 Å². The van der Waals surface area contributed by atoms with Crippen LogP contribution in [0, 0.1) is 0 Å². The van der Waals surface area contributed by atoms with Crippen LogP contribution >= 0.6 is 0 Å². The number of pyridine rings is 1. The summed E-state index contributed by atoms with van der Waals surface area (Å²) in [4.78, 5) is 32.0. The third-order valence-electron chi connectivity index (χ3n) is 4.73. The van der Waals surface area contributed by atoms with E-state index >= 15 is 0 Å². The first kappa shape index (κ1) is 16.7. The van der Waals surface area contributed by atoms with Gasteiger partial charge in [-0.2, -0.15) is 0 Å². The average Bonchev–Trinajstić information content (AvgIpc) is 2.85. The number of aromatic nitrogens is 1. The van der Waals surface area contributed by atoms with Gasteiger partial charge in [-0.3, -0.25) is 9.59 Å². The molecule has 2 aliphatic rings. The van der Waals surface area contributed by atoms with Crippen molar-refractivity contribution in [3.63, 3.8) is 0 Å². The molecule has 0 spiro atoms. The summed E-state index contributed by atoms with van der Waals surface area (Å²) in [5.74, 6) is 0.991. The zero-order valence-corrected chi connectivity index (χ0v) is 14.2. The highest BCUT2D eigenvalue weighted by Crippen LogP contribution is 2.17. The van der Waals surface area contributed by atoms with E-state index in [0.717, 1.165) is 30.9 Å². The summed E-state index contributed by atoms with van der Waals surface area (Å²) < 4.78 is 0. The van der Waals surface area contributed by atoms with E-state index in [9.17, 15) is 9.59 Å². The van der Waals surface area contributed by atoms with E-state index in [-0.39, 0.29) is 18.4 Å². The molecule has 1 aromatic heterocycles. The molecule has 2 fully saturated rings. The van der Waals surface area contributed by atoms with Crippen LogP contribution in [0.15, 0.2) is 18.3 Å². The quantitative estimate of drug-likeness (QED) is 0.892. The van der Waals surface area contributed by atoms with Gasteiger partial charge in [-0.05, 0) is 30.9 Å². The highest BCUT2D eigenvalue weighted by molar-refractivity contribution is 5.85. The summed E-state index contributed by atoms with van der Waals surface area (Å²) in [7, 11) is 0. The molecule has 6 heteroatoms. The van der Waals surface area contributed by atoms with Gasteiger partial charge in [0.25, 0.3) is 0 Å². The molecular weight excluding hydrogens is 304 g/mol. The van der Waals surface area contributed by atoms with Crippen LogP contribution in [0.1, 0.15) is 44.1 Å². The van der Waals surface area contributed by atoms with Crippen molar-refractivity contribution in [1.29, 1.82) is 0 Å². The van der Waals surface area contributed by atoms with Crippen molar-refractivity contribution in [1.82, 2.24) is 15.2 Å². The van der Waals surface area contributed by atoms with Crippen molar-refractivity contribution in [2.45, 2.75) is 45.1 Å². The van der Waals surface area contributed by atoms with E-state index in [0.29, 0.717) is 19.5 Å². The van der Waals surface area contributed by atoms with E-state index < -0.39 is 0 Å². The normalized spacial score (nSPS) is 18.6. The molecule has 1 aromatic rings. The minimum Gasteiger partial charge on any atom is -0.357 e. The summed E-state index contributed by atoms with van der Waals surface area (Å²) in [6.45, 7) is 3.46. The summed E-state index contributed by atoms with van der Waals surface area (Å²) in [6.07, 6.45) is 8.33. The minimum atomic E-state index is -0.109. The molecule has 0 aliphatic carbocycles. The van der Waals surface area contributed by atoms with Crippen LogP contribution in [0.2, 0.25) is 0 Å². The van der Waals surface area contributed by atoms with E-state index in [1.807, 2.05) is 18.3 Å². The van der Waals surface area contributed by atoms with Gasteiger partial charge in [0.15, 0.2) is 0 Å². The Hall–Kier alpha value is -2.11. The number of nitrogens with zero attached hydrogens (tertiary/aromatic N) is 3. The van der Waals surface area contributed by atoms with Gasteiger partial charge in [0, 0.05) is 38.8 Å². The molecule has 6 nitrogen and oxygen atoms in total. The molecule has 2 saturated heterocycles.